The van der Waals surface area contributed by atoms with Crippen molar-refractivity contribution in [1.82, 2.24) is 5.32 Å². The molecular weight excluding hydrogens is 750 g/mol. The molecule has 0 amide bonds. The van der Waals surface area contributed by atoms with Crippen LogP contribution in [0.2, 0.25) is 0 Å². The lowest BCUT2D eigenvalue weighted by Gasteiger charge is -2.50. The molecule has 0 radical (unpaired) electrons. The molecule has 0 spiro atoms. The molecule has 4 heterocycles. The summed E-state index contributed by atoms with van der Waals surface area (Å²) in [5.41, 5.74) is 0. The predicted octanol–water partition coefficient (Wildman–Crippen LogP) is -9.59. The lowest BCUT2D eigenvalue weighted by Crippen LogP contribution is -2.69. The molecule has 55 heavy (non-hydrogen) atoms. The van der Waals surface area contributed by atoms with Gasteiger partial charge in [-0.3, -0.25) is 0 Å². The summed E-state index contributed by atoms with van der Waals surface area (Å²) in [5, 5.41) is 160. The van der Waals surface area contributed by atoms with Gasteiger partial charge in [-0.05, 0) is 20.3 Å². The molecule has 23 nitrogen and oxygen atoms in total. The summed E-state index contributed by atoms with van der Waals surface area (Å²) in [5.74, 6) is -0.944. The van der Waals surface area contributed by atoms with Crippen LogP contribution in [0.15, 0.2) is 0 Å². The van der Waals surface area contributed by atoms with Gasteiger partial charge in [0.25, 0.3) is 0 Å². The molecule has 0 aromatic rings. The van der Waals surface area contributed by atoms with Crippen molar-refractivity contribution in [3.05, 3.63) is 0 Å². The van der Waals surface area contributed by atoms with Crippen molar-refractivity contribution in [3.63, 3.8) is 0 Å². The summed E-state index contributed by atoms with van der Waals surface area (Å²) in [6.07, 6.45) is -34.5. The highest BCUT2D eigenvalue weighted by Crippen LogP contribution is 2.35. The highest BCUT2D eigenvalue weighted by Gasteiger charge is 2.55. The Morgan fingerprint density at radius 2 is 0.891 bits per heavy atom. The quantitative estimate of drug-likeness (QED) is 0.0870. The summed E-state index contributed by atoms with van der Waals surface area (Å²) in [7, 11) is 0. The van der Waals surface area contributed by atoms with Crippen LogP contribution in [0.5, 0.6) is 0 Å². The fourth-order valence-electron chi connectivity index (χ4n) is 7.89. The van der Waals surface area contributed by atoms with Crippen LogP contribution >= 0.6 is 0 Å². The van der Waals surface area contributed by atoms with E-state index in [4.69, 9.17) is 33.2 Å². The van der Waals surface area contributed by atoms with E-state index in [-0.39, 0.29) is 6.42 Å². The van der Waals surface area contributed by atoms with Gasteiger partial charge >= 0.3 is 0 Å². The Bertz CT molecular complexity index is 1190. The molecule has 16 N–H and O–H groups in total. The van der Waals surface area contributed by atoms with Gasteiger partial charge in [-0.25, -0.2) is 0 Å². The number of aliphatic hydroxyl groups is 15. The minimum atomic E-state index is -1.92. The van der Waals surface area contributed by atoms with E-state index < -0.39 is 179 Å². The van der Waals surface area contributed by atoms with Crippen LogP contribution in [-0.2, 0) is 33.2 Å². The van der Waals surface area contributed by atoms with E-state index >= 15 is 0 Å². The first kappa shape index (κ1) is 45.2. The lowest BCUT2D eigenvalue weighted by molar-refractivity contribution is -0.367. The third-order valence-electron chi connectivity index (χ3n) is 11.3. The van der Waals surface area contributed by atoms with E-state index in [0.717, 1.165) is 0 Å². The summed E-state index contributed by atoms with van der Waals surface area (Å²) in [6.45, 7) is 0.0902. The average molecular weight is 808 g/mol. The van der Waals surface area contributed by atoms with Crippen molar-refractivity contribution in [3.8, 4) is 0 Å². The van der Waals surface area contributed by atoms with Crippen LogP contribution in [-0.4, -0.2) is 250 Å². The summed E-state index contributed by atoms with van der Waals surface area (Å²) in [4.78, 5) is 0. The Hall–Kier alpha value is -0.920. The van der Waals surface area contributed by atoms with Gasteiger partial charge in [0.1, 0.15) is 91.6 Å². The molecule has 0 aromatic carbocycles. The van der Waals surface area contributed by atoms with Crippen LogP contribution < -0.4 is 5.32 Å². The molecule has 4 saturated heterocycles. The first-order valence-electron chi connectivity index (χ1n) is 18.3. The van der Waals surface area contributed by atoms with Crippen molar-refractivity contribution < 1.29 is 110 Å². The number of ether oxygens (including phenoxy) is 7. The maximum atomic E-state index is 11.2. The second-order valence-electron chi connectivity index (χ2n) is 14.9. The second kappa shape index (κ2) is 19.0. The molecule has 0 aromatic heterocycles. The Balaban J connectivity index is 1.20. The predicted molar refractivity (Wildman–Crippen MR) is 174 cm³/mol. The van der Waals surface area contributed by atoms with E-state index in [1.807, 2.05) is 0 Å². The van der Waals surface area contributed by atoms with Crippen LogP contribution in [0.1, 0.15) is 20.3 Å². The van der Waals surface area contributed by atoms with Gasteiger partial charge in [0.2, 0.25) is 0 Å². The highest BCUT2D eigenvalue weighted by atomic mass is 16.7. The van der Waals surface area contributed by atoms with Gasteiger partial charge in [0, 0.05) is 18.6 Å². The molecule has 0 bridgehead atoms. The molecule has 1 aliphatic carbocycles. The Kier molecular flexibility index (Phi) is 15.6. The minimum absolute atomic E-state index is 0.116. The summed E-state index contributed by atoms with van der Waals surface area (Å²) < 4.78 is 39.3. The number of aliphatic hydroxyl groups excluding tert-OH is 15. The monoisotopic (exact) mass is 807 g/mol. The molecule has 5 aliphatic rings. The normalized spacial score (nSPS) is 53.9. The molecule has 23 heteroatoms. The van der Waals surface area contributed by atoms with E-state index in [1.54, 1.807) is 0 Å². The van der Waals surface area contributed by atoms with Crippen molar-refractivity contribution in [1.29, 1.82) is 0 Å². The van der Waals surface area contributed by atoms with Crippen molar-refractivity contribution >= 4 is 0 Å². The largest absolute Gasteiger partial charge is 0.396 e. The number of hydrogen-bond acceptors (Lipinski definition) is 23. The smallest absolute Gasteiger partial charge is 0.187 e. The molecule has 1 saturated carbocycles. The Labute approximate surface area is 314 Å². The molecule has 25 unspecified atom stereocenters. The van der Waals surface area contributed by atoms with E-state index in [1.165, 1.54) is 13.8 Å². The molecule has 322 valence electrons. The highest BCUT2D eigenvalue weighted by molar-refractivity contribution is 5.03. The first-order valence-corrected chi connectivity index (χ1v) is 18.3. The van der Waals surface area contributed by atoms with Crippen molar-refractivity contribution in [2.45, 2.75) is 167 Å². The molecule has 25 atom stereocenters. The summed E-state index contributed by atoms with van der Waals surface area (Å²) >= 11 is 0. The Morgan fingerprint density at radius 3 is 1.45 bits per heavy atom. The third kappa shape index (κ3) is 9.14. The second-order valence-corrected chi connectivity index (χ2v) is 14.9. The third-order valence-corrected chi connectivity index (χ3v) is 11.3. The van der Waals surface area contributed by atoms with Crippen molar-refractivity contribution in [2.75, 3.05) is 26.4 Å². The van der Waals surface area contributed by atoms with Gasteiger partial charge in [0.15, 0.2) is 18.9 Å². The average Bonchev–Trinajstić information content (AvgIpc) is 3.17. The zero-order valence-electron chi connectivity index (χ0n) is 30.0. The molecule has 5 rings (SSSR count). The van der Waals surface area contributed by atoms with Crippen LogP contribution in [0.4, 0.5) is 0 Å². The maximum Gasteiger partial charge on any atom is 0.187 e. The van der Waals surface area contributed by atoms with Crippen LogP contribution in [0.3, 0.4) is 0 Å². The first-order chi connectivity index (χ1) is 26.0. The van der Waals surface area contributed by atoms with Crippen LogP contribution in [0.25, 0.3) is 0 Å². The summed E-state index contributed by atoms with van der Waals surface area (Å²) in [6, 6.07) is -2.23. The fourth-order valence-corrected chi connectivity index (χ4v) is 7.89. The van der Waals surface area contributed by atoms with Gasteiger partial charge in [0.05, 0.1) is 50.3 Å². The SMILES string of the molecule is CC1OC(CO)C(OC2OC(CO)C(OC3OC(C)C(NC4CC(CO)C(OC5OC(CO)C(O)C(O)C5O)C(O)C4O)C(O)C3O)C(O)C2O)C(O)C1O. The lowest BCUT2D eigenvalue weighted by atomic mass is 9.78. The molecular formula is C32H57NO22. The topological polar surface area (TPSA) is 380 Å². The van der Waals surface area contributed by atoms with Crippen molar-refractivity contribution in [2.24, 2.45) is 5.92 Å². The maximum absolute atomic E-state index is 11.2. The van der Waals surface area contributed by atoms with Crippen LogP contribution in [0, 0.1) is 5.92 Å². The zero-order valence-corrected chi connectivity index (χ0v) is 30.0. The van der Waals surface area contributed by atoms with E-state index in [0.29, 0.717) is 0 Å². The van der Waals surface area contributed by atoms with Gasteiger partial charge < -0.3 is 115 Å². The molecule has 5 fully saturated rings. The Morgan fingerprint density at radius 1 is 0.436 bits per heavy atom. The molecule has 4 aliphatic heterocycles. The zero-order chi connectivity index (χ0) is 40.6. The standard InChI is InChI=1S/C32H57NO22/c1-8-15(33-11-3-10(4-34)27(22(44)17(11)39)53-31-25(47)20(42)18(40)12(5-35)51-31)19(41)24(46)30(50-8)54-29-14(7-37)52-32(26(48)23(29)45)55-28-13(6-36)49-9(2)16(38)21(28)43/h8-48H,3-7H2,1-2H3. The van der Waals surface area contributed by atoms with Gasteiger partial charge in [-0.1, -0.05) is 0 Å². The number of nitrogens with one attached hydrogen (secondary N) is 1. The van der Waals surface area contributed by atoms with Gasteiger partial charge in [-0.15, -0.1) is 0 Å². The van der Waals surface area contributed by atoms with Gasteiger partial charge in [-0.2, -0.15) is 0 Å². The number of hydrogen-bond donors (Lipinski definition) is 16. The fraction of sp³-hybridized carbons (Fsp3) is 1.00. The van der Waals surface area contributed by atoms with E-state index in [2.05, 4.69) is 5.32 Å². The number of rotatable bonds is 12. The van der Waals surface area contributed by atoms with E-state index in [9.17, 15) is 76.6 Å². The minimum Gasteiger partial charge on any atom is -0.396 e.